The van der Waals surface area contributed by atoms with Crippen molar-refractivity contribution in [1.29, 1.82) is 0 Å². The summed E-state index contributed by atoms with van der Waals surface area (Å²) >= 11 is 8.42. The number of benzene rings is 2. The van der Waals surface area contributed by atoms with Gasteiger partial charge in [0.15, 0.2) is 5.75 Å². The molecule has 0 heterocycles. The highest BCUT2D eigenvalue weighted by Crippen LogP contribution is 2.36. The van der Waals surface area contributed by atoms with Crippen LogP contribution in [0.25, 0.3) is 0 Å². The number of carboxylic acid groups (broad SMARTS) is 1. The number of carbonyl (C=O) groups is 1. The van der Waals surface area contributed by atoms with Crippen LogP contribution in [0.15, 0.2) is 24.3 Å². The first-order valence-corrected chi connectivity index (χ1v) is 10.8. The Morgan fingerprint density at radius 2 is 1.31 bits per heavy atom. The molecule has 14 heteroatoms. The van der Waals surface area contributed by atoms with Crippen LogP contribution in [-0.2, 0) is 11.2 Å². The summed E-state index contributed by atoms with van der Waals surface area (Å²) in [6, 6.07) is 6.34. The van der Waals surface area contributed by atoms with Gasteiger partial charge in [0.1, 0.15) is 17.5 Å². The maximum absolute atomic E-state index is 10.9. The first-order chi connectivity index (χ1) is 11.2. The van der Waals surface area contributed by atoms with Crippen molar-refractivity contribution in [2.24, 2.45) is 5.73 Å². The molecule has 10 nitrogen and oxygen atoms in total. The van der Waals surface area contributed by atoms with Crippen LogP contribution in [-0.4, -0.2) is 49.6 Å². The summed E-state index contributed by atoms with van der Waals surface area (Å²) in [6.45, 7) is 0. The number of phenols is 1. The van der Waals surface area contributed by atoms with Gasteiger partial charge in [0.25, 0.3) is 0 Å². The van der Waals surface area contributed by atoms with Gasteiger partial charge in [-0.25, -0.2) is 0 Å². The lowest BCUT2D eigenvalue weighted by molar-refractivity contribution is -0.138. The van der Waals surface area contributed by atoms with E-state index in [2.05, 4.69) is 90.4 Å². The van der Waals surface area contributed by atoms with E-state index in [1.54, 1.807) is 12.1 Å². The maximum atomic E-state index is 10.9. The predicted octanol–water partition coefficient (Wildman–Crippen LogP) is 0.434. The second-order valence-electron chi connectivity index (χ2n) is 4.88. The summed E-state index contributed by atoms with van der Waals surface area (Å²) in [5.41, 5.74) is 6.44. The van der Waals surface area contributed by atoms with Crippen molar-refractivity contribution in [2.75, 3.05) is 0 Å². The number of carboxylic acids is 1. The van der Waals surface area contributed by atoms with Crippen molar-refractivity contribution < 1.29 is 47.1 Å². The Morgan fingerprint density at radius 1 is 0.897 bits per heavy atom. The van der Waals surface area contributed by atoms with Crippen molar-refractivity contribution in [3.63, 3.8) is 0 Å². The average Bonchev–Trinajstić information content (AvgIpc) is 2.48. The molecule has 0 radical (unpaired) electrons. The molecule has 1 unspecified atom stereocenters. The summed E-state index contributed by atoms with van der Waals surface area (Å²) < 4.78 is 9.14. The Labute approximate surface area is 220 Å². The van der Waals surface area contributed by atoms with E-state index >= 15 is 0 Å². The third kappa shape index (κ3) is 9.90. The summed E-state index contributed by atoms with van der Waals surface area (Å²) in [7, 11) is 0. The highest BCUT2D eigenvalue weighted by atomic mass is 127. The first kappa shape index (κ1) is 36.6. The standard InChI is InChI=1S/C15H11I4NO4.5H2O/c16-8-4-7(5-9(17)13(8)21)24-14-10(18)1-6(2-11(14)19)3-12(20)15(22)23;;;;;/h1-2,4-5,12,21H,3,20H2,(H,22,23);5*1H2. The van der Waals surface area contributed by atoms with Crippen LogP contribution in [0.3, 0.4) is 0 Å². The van der Waals surface area contributed by atoms with E-state index in [-0.39, 0.29) is 39.6 Å². The minimum Gasteiger partial charge on any atom is -0.506 e. The van der Waals surface area contributed by atoms with Crippen LogP contribution >= 0.6 is 90.4 Å². The molecule has 0 aliphatic rings. The lowest BCUT2D eigenvalue weighted by Crippen LogP contribution is -2.32. The molecule has 29 heavy (non-hydrogen) atoms. The first-order valence-electron chi connectivity index (χ1n) is 6.51. The van der Waals surface area contributed by atoms with E-state index in [1.165, 1.54) is 0 Å². The van der Waals surface area contributed by atoms with Gasteiger partial charge >= 0.3 is 5.97 Å². The fourth-order valence-corrected chi connectivity index (χ4v) is 5.72. The van der Waals surface area contributed by atoms with Crippen LogP contribution in [0.4, 0.5) is 0 Å². The lowest BCUT2D eigenvalue weighted by atomic mass is 10.1. The zero-order valence-electron chi connectivity index (χ0n) is 14.4. The zero-order chi connectivity index (χ0) is 18.0. The fourth-order valence-electron chi connectivity index (χ4n) is 1.89. The van der Waals surface area contributed by atoms with E-state index < -0.39 is 12.0 Å². The van der Waals surface area contributed by atoms with Gasteiger partial charge in [-0.3, -0.25) is 4.79 Å². The summed E-state index contributed by atoms with van der Waals surface area (Å²) in [5, 5.41) is 18.8. The molecule has 0 spiro atoms. The normalized spacial score (nSPS) is 9.97. The molecule has 1 atom stereocenters. The minimum atomic E-state index is -1.02. The number of rotatable bonds is 5. The molecule has 2 rings (SSSR count). The number of hydrogen-bond acceptors (Lipinski definition) is 4. The second-order valence-corrected chi connectivity index (χ2v) is 9.52. The molecule has 0 bridgehead atoms. The molecule has 0 saturated heterocycles. The summed E-state index contributed by atoms with van der Waals surface area (Å²) in [4.78, 5) is 10.9. The number of phenolic OH excluding ortho intramolecular Hbond substituents is 1. The van der Waals surface area contributed by atoms with Crippen LogP contribution in [0.5, 0.6) is 17.2 Å². The Balaban J connectivity index is -0.000000625. The molecule has 0 saturated carbocycles. The third-order valence-corrected chi connectivity index (χ3v) is 6.29. The number of hydrogen-bond donors (Lipinski definition) is 3. The molecule has 14 N–H and O–H groups in total. The molecule has 168 valence electrons. The predicted molar refractivity (Wildman–Crippen MR) is 143 cm³/mol. The highest BCUT2D eigenvalue weighted by Gasteiger charge is 2.16. The third-order valence-electron chi connectivity index (χ3n) is 3.04. The van der Waals surface area contributed by atoms with Crippen LogP contribution in [0, 0.1) is 14.3 Å². The van der Waals surface area contributed by atoms with E-state index in [9.17, 15) is 9.90 Å². The van der Waals surface area contributed by atoms with E-state index in [0.717, 1.165) is 12.7 Å². The molecule has 0 aliphatic heterocycles. The summed E-state index contributed by atoms with van der Waals surface area (Å²) in [5.74, 6) is 0.549. The smallest absolute Gasteiger partial charge is 0.320 e. The Hall–Kier alpha value is 0.190. The van der Waals surface area contributed by atoms with Crippen molar-refractivity contribution in [1.82, 2.24) is 0 Å². The van der Waals surface area contributed by atoms with Crippen LogP contribution in [0.1, 0.15) is 5.56 Å². The lowest BCUT2D eigenvalue weighted by Gasteiger charge is -2.14. The number of ether oxygens (including phenoxy) is 1. The van der Waals surface area contributed by atoms with Gasteiger partial charge in [-0.1, -0.05) is 0 Å². The van der Waals surface area contributed by atoms with Crippen LogP contribution in [0.2, 0.25) is 0 Å². The number of aliphatic carboxylic acids is 1. The maximum Gasteiger partial charge on any atom is 0.320 e. The van der Waals surface area contributed by atoms with Gasteiger partial charge in [-0.15, -0.1) is 0 Å². The largest absolute Gasteiger partial charge is 0.506 e. The van der Waals surface area contributed by atoms with Crippen molar-refractivity contribution in [3.05, 3.63) is 44.1 Å². The highest BCUT2D eigenvalue weighted by molar-refractivity contribution is 14.1. The van der Waals surface area contributed by atoms with Gasteiger partial charge in [-0.05, 0) is 127 Å². The van der Waals surface area contributed by atoms with Crippen molar-refractivity contribution in [3.8, 4) is 17.2 Å². The van der Waals surface area contributed by atoms with Gasteiger partial charge in [0.05, 0.1) is 14.3 Å². The van der Waals surface area contributed by atoms with Gasteiger partial charge in [-0.2, -0.15) is 0 Å². The minimum absolute atomic E-state index is 0. The number of nitrogens with two attached hydrogens (primary N) is 1. The average molecular weight is 867 g/mol. The Bertz CT molecular complexity index is 761. The molecule has 0 fully saturated rings. The quantitative estimate of drug-likeness (QED) is 0.361. The molecule has 0 amide bonds. The molecule has 0 aromatic heterocycles. The second kappa shape index (κ2) is 15.9. The van der Waals surface area contributed by atoms with E-state index in [4.69, 9.17) is 15.6 Å². The zero-order valence-corrected chi connectivity index (χ0v) is 23.0. The molecule has 0 aliphatic carbocycles. The van der Waals surface area contributed by atoms with Crippen LogP contribution < -0.4 is 10.5 Å². The van der Waals surface area contributed by atoms with Crippen molar-refractivity contribution >= 4 is 96.3 Å². The number of halogens is 4. The Morgan fingerprint density at radius 3 is 1.69 bits per heavy atom. The number of aromatic hydroxyl groups is 1. The fraction of sp³-hybridized carbons (Fsp3) is 0.133. The molecular formula is C15H21I4NO9. The Kier molecular flexibility index (Phi) is 20.1. The molecule has 2 aromatic rings. The van der Waals surface area contributed by atoms with E-state index in [0.29, 0.717) is 18.6 Å². The molecule has 2 aromatic carbocycles. The van der Waals surface area contributed by atoms with Gasteiger partial charge < -0.3 is 48.1 Å². The summed E-state index contributed by atoms with van der Waals surface area (Å²) in [6.07, 6.45) is 0.261. The SMILES string of the molecule is NC(Cc1cc(I)c(Oc2cc(I)c(O)c(I)c2)c(I)c1)C(=O)O.O.O.O.O.O. The topological polar surface area (TPSA) is 250 Å². The molecular weight excluding hydrogens is 846 g/mol. The monoisotopic (exact) mass is 867 g/mol. The van der Waals surface area contributed by atoms with Gasteiger partial charge in [0.2, 0.25) is 0 Å². The van der Waals surface area contributed by atoms with E-state index in [1.807, 2.05) is 12.1 Å². The van der Waals surface area contributed by atoms with Crippen molar-refractivity contribution in [2.45, 2.75) is 12.5 Å². The van der Waals surface area contributed by atoms with Gasteiger partial charge in [0, 0.05) is 0 Å².